The molecule has 2 N–H and O–H groups in total. The maximum Gasteiger partial charge on any atom is 0.170 e. The van der Waals surface area contributed by atoms with Crippen LogP contribution < -0.4 is 10.6 Å². The minimum atomic E-state index is 0.187. The number of ether oxygens (including phenoxy) is 1. The molecule has 1 aromatic carbocycles. The maximum atomic E-state index is 5.66. The standard InChI is InChI=1S/C24H42N2OS/c1-17(2)21(6)20(5)12-8-18(3)11-15-23(27-7)16-25-24(28)26-22-13-9-19(4)10-14-22/h9-10,13-14,17-18,20-21,23H,8,11-12,15-16H2,1-7H3,(H2,25,26,28). The van der Waals surface area contributed by atoms with Crippen LogP contribution in [0.4, 0.5) is 5.69 Å². The van der Waals surface area contributed by atoms with E-state index in [-0.39, 0.29) is 6.10 Å². The number of methoxy groups -OCH3 is 1. The molecule has 0 spiro atoms. The predicted molar refractivity (Wildman–Crippen MR) is 127 cm³/mol. The SMILES string of the molecule is COC(CCC(C)CCC(C)C(C)C(C)C)CNC(=S)Nc1ccc(C)cc1. The molecule has 28 heavy (non-hydrogen) atoms. The van der Waals surface area contributed by atoms with Crippen molar-refractivity contribution in [2.24, 2.45) is 23.7 Å². The molecule has 0 aliphatic rings. The number of hydrogen-bond acceptors (Lipinski definition) is 2. The van der Waals surface area contributed by atoms with Gasteiger partial charge in [0.2, 0.25) is 0 Å². The van der Waals surface area contributed by atoms with Crippen LogP contribution in [0.25, 0.3) is 0 Å². The number of hydrogen-bond donors (Lipinski definition) is 2. The van der Waals surface area contributed by atoms with E-state index in [9.17, 15) is 0 Å². The molecule has 0 aliphatic heterocycles. The lowest BCUT2D eigenvalue weighted by molar-refractivity contribution is 0.0920. The Kier molecular flexibility index (Phi) is 11.7. The highest BCUT2D eigenvalue weighted by molar-refractivity contribution is 7.80. The molecule has 1 aromatic rings. The van der Waals surface area contributed by atoms with E-state index in [2.05, 4.69) is 64.3 Å². The highest BCUT2D eigenvalue weighted by atomic mass is 32.1. The summed E-state index contributed by atoms with van der Waals surface area (Å²) < 4.78 is 5.66. The molecular weight excluding hydrogens is 364 g/mol. The molecule has 3 nitrogen and oxygen atoms in total. The summed E-state index contributed by atoms with van der Waals surface area (Å²) in [6.45, 7) is 14.6. The Labute approximate surface area is 179 Å². The van der Waals surface area contributed by atoms with Gasteiger partial charge in [-0.3, -0.25) is 0 Å². The van der Waals surface area contributed by atoms with Crippen LogP contribution in [0.1, 0.15) is 65.9 Å². The molecule has 4 heteroatoms. The average Bonchev–Trinajstić information content (AvgIpc) is 2.67. The maximum absolute atomic E-state index is 5.66. The van der Waals surface area contributed by atoms with Crippen LogP contribution in [0.5, 0.6) is 0 Å². The van der Waals surface area contributed by atoms with E-state index in [1.807, 2.05) is 12.1 Å². The first-order valence-electron chi connectivity index (χ1n) is 10.9. The molecule has 0 heterocycles. The van der Waals surface area contributed by atoms with E-state index in [4.69, 9.17) is 17.0 Å². The monoisotopic (exact) mass is 406 g/mol. The number of anilines is 1. The van der Waals surface area contributed by atoms with Crippen molar-refractivity contribution in [3.8, 4) is 0 Å². The van der Waals surface area contributed by atoms with Crippen LogP contribution in [-0.2, 0) is 4.74 Å². The topological polar surface area (TPSA) is 33.3 Å². The summed E-state index contributed by atoms with van der Waals surface area (Å²) in [6.07, 6.45) is 5.07. The van der Waals surface area contributed by atoms with Gasteiger partial charge < -0.3 is 15.4 Å². The summed E-state index contributed by atoms with van der Waals surface area (Å²) in [4.78, 5) is 0. The molecule has 4 atom stereocenters. The van der Waals surface area contributed by atoms with Gasteiger partial charge in [0.25, 0.3) is 0 Å². The van der Waals surface area contributed by atoms with Crippen LogP contribution in [0.2, 0.25) is 0 Å². The Bertz CT molecular complexity index is 558. The van der Waals surface area contributed by atoms with Gasteiger partial charge in [0.05, 0.1) is 6.10 Å². The molecule has 0 saturated heterocycles. The minimum absolute atomic E-state index is 0.187. The third-order valence-corrected chi connectivity index (χ3v) is 6.42. The zero-order valence-corrected chi connectivity index (χ0v) is 19.9. The third kappa shape index (κ3) is 9.88. The smallest absolute Gasteiger partial charge is 0.170 e. The second-order valence-electron chi connectivity index (χ2n) is 8.90. The molecule has 0 saturated carbocycles. The molecule has 1 rings (SSSR count). The summed E-state index contributed by atoms with van der Waals surface area (Å²) >= 11 is 5.41. The second kappa shape index (κ2) is 13.2. The molecule has 0 bridgehead atoms. The largest absolute Gasteiger partial charge is 0.380 e. The predicted octanol–water partition coefficient (Wildman–Crippen LogP) is 6.42. The first-order chi connectivity index (χ1) is 13.2. The Morgan fingerprint density at radius 3 is 2.14 bits per heavy atom. The fourth-order valence-electron chi connectivity index (χ4n) is 3.40. The van der Waals surface area contributed by atoms with Crippen LogP contribution >= 0.6 is 12.2 Å². The van der Waals surface area contributed by atoms with Gasteiger partial charge in [-0.1, -0.05) is 65.2 Å². The number of rotatable bonds is 12. The number of benzene rings is 1. The Morgan fingerprint density at radius 1 is 0.964 bits per heavy atom. The van der Waals surface area contributed by atoms with Gasteiger partial charge in [-0.2, -0.15) is 0 Å². The number of nitrogens with one attached hydrogen (secondary N) is 2. The summed E-state index contributed by atoms with van der Waals surface area (Å²) in [5, 5.41) is 7.17. The zero-order valence-electron chi connectivity index (χ0n) is 19.0. The quantitative estimate of drug-likeness (QED) is 0.392. The van der Waals surface area contributed by atoms with Gasteiger partial charge in [0, 0.05) is 19.3 Å². The van der Waals surface area contributed by atoms with Gasteiger partial charge in [-0.25, -0.2) is 0 Å². The fourth-order valence-corrected chi connectivity index (χ4v) is 3.61. The summed E-state index contributed by atoms with van der Waals surface area (Å²) in [6, 6.07) is 8.24. The van der Waals surface area contributed by atoms with Crippen molar-refractivity contribution in [3.05, 3.63) is 29.8 Å². The Morgan fingerprint density at radius 2 is 1.57 bits per heavy atom. The van der Waals surface area contributed by atoms with Crippen LogP contribution in [0, 0.1) is 30.6 Å². The van der Waals surface area contributed by atoms with Gasteiger partial charge in [-0.15, -0.1) is 0 Å². The van der Waals surface area contributed by atoms with Crippen LogP contribution in [0.3, 0.4) is 0 Å². The lowest BCUT2D eigenvalue weighted by atomic mass is 9.82. The van der Waals surface area contributed by atoms with Gasteiger partial charge in [-0.05, 0) is 67.8 Å². The van der Waals surface area contributed by atoms with Crippen molar-refractivity contribution in [2.45, 2.75) is 73.3 Å². The van der Waals surface area contributed by atoms with Gasteiger partial charge >= 0.3 is 0 Å². The van der Waals surface area contributed by atoms with E-state index in [1.165, 1.54) is 24.8 Å². The van der Waals surface area contributed by atoms with Crippen molar-refractivity contribution in [1.29, 1.82) is 0 Å². The van der Waals surface area contributed by atoms with Crippen molar-refractivity contribution in [1.82, 2.24) is 5.32 Å². The molecule has 0 radical (unpaired) electrons. The lowest BCUT2D eigenvalue weighted by Crippen LogP contribution is -2.36. The van der Waals surface area contributed by atoms with Crippen molar-refractivity contribution in [2.75, 3.05) is 19.0 Å². The summed E-state index contributed by atoms with van der Waals surface area (Å²) in [5.74, 6) is 3.10. The molecule has 0 fully saturated rings. The van der Waals surface area contributed by atoms with Crippen LogP contribution in [0.15, 0.2) is 24.3 Å². The third-order valence-electron chi connectivity index (χ3n) is 6.18. The fraction of sp³-hybridized carbons (Fsp3) is 0.708. The van der Waals surface area contributed by atoms with E-state index in [0.29, 0.717) is 5.11 Å². The van der Waals surface area contributed by atoms with E-state index in [1.54, 1.807) is 7.11 Å². The van der Waals surface area contributed by atoms with E-state index in [0.717, 1.165) is 42.3 Å². The van der Waals surface area contributed by atoms with E-state index < -0.39 is 0 Å². The molecule has 0 amide bonds. The second-order valence-corrected chi connectivity index (χ2v) is 9.31. The first-order valence-corrected chi connectivity index (χ1v) is 11.3. The molecule has 160 valence electrons. The number of aryl methyl sites for hydroxylation is 1. The Hall–Kier alpha value is -1.13. The normalized spacial score (nSPS) is 15.7. The minimum Gasteiger partial charge on any atom is -0.380 e. The molecule has 0 aromatic heterocycles. The van der Waals surface area contributed by atoms with Crippen molar-refractivity contribution >= 4 is 23.0 Å². The molecular formula is C24H42N2OS. The molecule has 4 unspecified atom stereocenters. The lowest BCUT2D eigenvalue weighted by Gasteiger charge is -2.25. The van der Waals surface area contributed by atoms with Crippen molar-refractivity contribution < 1.29 is 4.74 Å². The molecule has 0 aliphatic carbocycles. The highest BCUT2D eigenvalue weighted by Crippen LogP contribution is 2.26. The first kappa shape index (κ1) is 24.9. The Balaban J connectivity index is 2.28. The zero-order chi connectivity index (χ0) is 21.1. The highest BCUT2D eigenvalue weighted by Gasteiger charge is 2.17. The summed E-state index contributed by atoms with van der Waals surface area (Å²) in [7, 11) is 1.79. The van der Waals surface area contributed by atoms with Gasteiger partial charge in [0.15, 0.2) is 5.11 Å². The summed E-state index contributed by atoms with van der Waals surface area (Å²) in [5.41, 5.74) is 2.25. The van der Waals surface area contributed by atoms with Gasteiger partial charge in [0.1, 0.15) is 0 Å². The van der Waals surface area contributed by atoms with Crippen LogP contribution in [-0.4, -0.2) is 24.9 Å². The van der Waals surface area contributed by atoms with E-state index >= 15 is 0 Å². The number of thiocarbonyl (C=S) groups is 1. The van der Waals surface area contributed by atoms with Crippen molar-refractivity contribution in [3.63, 3.8) is 0 Å². The average molecular weight is 407 g/mol.